The van der Waals surface area contributed by atoms with Crippen LogP contribution < -0.4 is 25.8 Å². The Labute approximate surface area is 279 Å². The second-order valence-corrected chi connectivity index (χ2v) is 12.8. The summed E-state index contributed by atoms with van der Waals surface area (Å²) in [5, 5.41) is 23.7. The van der Waals surface area contributed by atoms with E-state index in [-0.39, 0.29) is 24.0 Å². The lowest BCUT2D eigenvalue weighted by Crippen LogP contribution is -2.50. The lowest BCUT2D eigenvalue weighted by Gasteiger charge is -2.37. The van der Waals surface area contributed by atoms with Crippen LogP contribution in [0.3, 0.4) is 0 Å². The summed E-state index contributed by atoms with van der Waals surface area (Å²) in [5.74, 6) is 1.56. The van der Waals surface area contributed by atoms with Crippen LogP contribution in [-0.4, -0.2) is 67.4 Å². The average molecular weight is 646 g/mol. The number of carbonyl (C=O) groups is 2. The number of aromatic nitrogens is 5. The molecule has 13 nitrogen and oxygen atoms in total. The number of nitriles is 1. The minimum absolute atomic E-state index is 0.00824. The summed E-state index contributed by atoms with van der Waals surface area (Å²) in [7, 11) is 1.88. The monoisotopic (exact) mass is 645 g/mol. The van der Waals surface area contributed by atoms with Gasteiger partial charge in [0.1, 0.15) is 23.0 Å². The lowest BCUT2D eigenvalue weighted by atomic mass is 9.90. The molecule has 4 aromatic rings. The lowest BCUT2D eigenvalue weighted by molar-refractivity contribution is -0.123. The van der Waals surface area contributed by atoms with Gasteiger partial charge >= 0.3 is 6.03 Å². The van der Waals surface area contributed by atoms with E-state index in [1.165, 1.54) is 0 Å². The first-order valence-electron chi connectivity index (χ1n) is 16.6. The van der Waals surface area contributed by atoms with E-state index in [0.717, 1.165) is 55.2 Å². The van der Waals surface area contributed by atoms with Gasteiger partial charge in [-0.1, -0.05) is 30.3 Å². The van der Waals surface area contributed by atoms with Gasteiger partial charge in [0, 0.05) is 62.3 Å². The maximum absolute atomic E-state index is 13.8. The number of aryl methyl sites for hydroxylation is 1. The molecular formula is C35H39N11O2. The van der Waals surface area contributed by atoms with E-state index in [1.54, 1.807) is 28.2 Å². The molecule has 3 N–H and O–H groups in total. The van der Waals surface area contributed by atoms with Crippen LogP contribution in [0.4, 0.5) is 22.4 Å². The van der Waals surface area contributed by atoms with Gasteiger partial charge in [0.25, 0.3) is 0 Å². The van der Waals surface area contributed by atoms with Crippen molar-refractivity contribution >= 4 is 29.5 Å². The first-order chi connectivity index (χ1) is 23.4. The Balaban J connectivity index is 1.06. The quantitative estimate of drug-likeness (QED) is 0.256. The predicted molar refractivity (Wildman–Crippen MR) is 181 cm³/mol. The van der Waals surface area contributed by atoms with E-state index < -0.39 is 5.54 Å². The number of urea groups is 1. The van der Waals surface area contributed by atoms with Gasteiger partial charge in [-0.25, -0.2) is 14.8 Å². The summed E-state index contributed by atoms with van der Waals surface area (Å²) < 4.78 is 1.75. The number of amides is 3. The van der Waals surface area contributed by atoms with Crippen LogP contribution in [0, 0.1) is 11.3 Å². The minimum atomic E-state index is -0.649. The number of rotatable bonds is 8. The largest absolute Gasteiger partial charge is 0.354 e. The van der Waals surface area contributed by atoms with Gasteiger partial charge in [-0.15, -0.1) is 0 Å². The second kappa shape index (κ2) is 13.3. The smallest absolute Gasteiger partial charge is 0.323 e. The zero-order chi connectivity index (χ0) is 33.1. The molecule has 1 saturated carbocycles. The third-order valence-corrected chi connectivity index (χ3v) is 9.81. The highest BCUT2D eigenvalue weighted by atomic mass is 16.2. The Kier molecular flexibility index (Phi) is 8.63. The molecule has 1 unspecified atom stereocenters. The molecule has 1 atom stereocenters. The van der Waals surface area contributed by atoms with E-state index in [2.05, 4.69) is 32.1 Å². The summed E-state index contributed by atoms with van der Waals surface area (Å²) in [4.78, 5) is 44.5. The third kappa shape index (κ3) is 6.13. The van der Waals surface area contributed by atoms with Crippen LogP contribution >= 0.6 is 0 Å². The Bertz CT molecular complexity index is 1810. The molecule has 246 valence electrons. The van der Waals surface area contributed by atoms with Crippen molar-refractivity contribution in [1.82, 2.24) is 35.4 Å². The number of nitrogens with one attached hydrogen (secondary N) is 3. The molecule has 7 rings (SSSR count). The zero-order valence-corrected chi connectivity index (χ0v) is 27.0. The topological polar surface area (TPSA) is 157 Å². The number of nitrogens with zero attached hydrogens (tertiary/aromatic N) is 8. The van der Waals surface area contributed by atoms with Gasteiger partial charge in [-0.05, 0) is 62.6 Å². The summed E-state index contributed by atoms with van der Waals surface area (Å²) in [6, 6.07) is 15.8. The second-order valence-electron chi connectivity index (χ2n) is 12.8. The summed E-state index contributed by atoms with van der Waals surface area (Å²) in [6.45, 7) is 1.71. The molecular weight excluding hydrogens is 606 g/mol. The molecule has 0 bridgehead atoms. The molecule has 0 radical (unpaired) electrons. The average Bonchev–Trinajstić information content (AvgIpc) is 3.85. The summed E-state index contributed by atoms with van der Waals surface area (Å²) in [6.07, 6.45) is 12.5. The highest BCUT2D eigenvalue weighted by molar-refractivity contribution is 5.93. The molecule has 2 aliphatic heterocycles. The highest BCUT2D eigenvalue weighted by Crippen LogP contribution is 2.40. The van der Waals surface area contributed by atoms with Crippen LogP contribution in [0.25, 0.3) is 11.1 Å². The van der Waals surface area contributed by atoms with Crippen LogP contribution in [0.5, 0.6) is 0 Å². The zero-order valence-electron chi connectivity index (χ0n) is 27.0. The van der Waals surface area contributed by atoms with Crippen molar-refractivity contribution in [2.24, 2.45) is 7.05 Å². The van der Waals surface area contributed by atoms with Gasteiger partial charge in [0.15, 0.2) is 5.82 Å². The SMILES string of the molecule is Cn1cc(-c2ccc(N(C(=O)NCc3ccccc3)[C@H]3CC[C@H](Nc4ncc(C#N)c(N5CCCC56CCNC6=O)n4)CC3)nc2)cn1. The molecule has 1 aliphatic carbocycles. The van der Waals surface area contributed by atoms with Gasteiger partial charge in [0.2, 0.25) is 11.9 Å². The van der Waals surface area contributed by atoms with Gasteiger partial charge in [-0.3, -0.25) is 14.4 Å². The predicted octanol–water partition coefficient (Wildman–Crippen LogP) is 4.14. The molecule has 13 heteroatoms. The van der Waals surface area contributed by atoms with E-state index in [1.807, 2.05) is 60.6 Å². The molecule has 5 heterocycles. The van der Waals surface area contributed by atoms with Gasteiger partial charge in [0.05, 0.1) is 12.4 Å². The van der Waals surface area contributed by atoms with E-state index in [0.29, 0.717) is 49.2 Å². The van der Waals surface area contributed by atoms with Crippen LogP contribution in [0.1, 0.15) is 56.1 Å². The maximum atomic E-state index is 13.8. The Morgan fingerprint density at radius 1 is 1.06 bits per heavy atom. The normalized spacial score (nSPS) is 21.9. The third-order valence-electron chi connectivity index (χ3n) is 9.81. The first-order valence-corrected chi connectivity index (χ1v) is 16.6. The number of hydrogen-bond acceptors (Lipinski definition) is 9. The van der Waals surface area contributed by atoms with E-state index >= 15 is 0 Å². The highest BCUT2D eigenvalue weighted by Gasteiger charge is 2.51. The first kappa shape index (κ1) is 31.1. The molecule has 3 fully saturated rings. The maximum Gasteiger partial charge on any atom is 0.323 e. The molecule has 3 aromatic heterocycles. The fourth-order valence-corrected chi connectivity index (χ4v) is 7.32. The minimum Gasteiger partial charge on any atom is -0.354 e. The van der Waals surface area contributed by atoms with Crippen molar-refractivity contribution < 1.29 is 9.59 Å². The summed E-state index contributed by atoms with van der Waals surface area (Å²) in [5.41, 5.74) is 2.63. The van der Waals surface area contributed by atoms with Crippen molar-refractivity contribution in [3.63, 3.8) is 0 Å². The van der Waals surface area contributed by atoms with E-state index in [9.17, 15) is 14.9 Å². The van der Waals surface area contributed by atoms with Crippen LogP contribution in [0.2, 0.25) is 0 Å². The number of anilines is 3. The van der Waals surface area contributed by atoms with Crippen molar-refractivity contribution in [1.29, 1.82) is 5.26 Å². The molecule has 1 spiro atoms. The fourth-order valence-electron chi connectivity index (χ4n) is 7.32. The number of benzene rings is 1. The number of hydrogen-bond donors (Lipinski definition) is 3. The molecule has 2 saturated heterocycles. The van der Waals surface area contributed by atoms with Crippen molar-refractivity contribution in [3.05, 3.63) is 78.4 Å². The van der Waals surface area contributed by atoms with Crippen molar-refractivity contribution in [3.8, 4) is 17.2 Å². The van der Waals surface area contributed by atoms with Gasteiger partial charge in [-0.2, -0.15) is 15.3 Å². The number of carbonyl (C=O) groups excluding carboxylic acids is 2. The molecule has 1 aromatic carbocycles. The molecule has 3 amide bonds. The summed E-state index contributed by atoms with van der Waals surface area (Å²) >= 11 is 0. The van der Waals surface area contributed by atoms with Crippen molar-refractivity contribution in [2.75, 3.05) is 28.2 Å². The number of pyridine rings is 1. The van der Waals surface area contributed by atoms with Crippen LogP contribution in [0.15, 0.2) is 67.3 Å². The van der Waals surface area contributed by atoms with Crippen LogP contribution in [-0.2, 0) is 18.4 Å². The Morgan fingerprint density at radius 3 is 2.58 bits per heavy atom. The molecule has 48 heavy (non-hydrogen) atoms. The fraction of sp³-hybridized carbons (Fsp3) is 0.400. The standard InChI is InChI=1S/C35H39N11O2/c1-44-23-27(22-41-44)25-8-13-30(38-20-25)46(34(48)40-19-24-6-3-2-4-7-24)29-11-9-28(10-12-29)42-33-39-21-26(18-36)31(43-33)45-17-5-14-35(45)15-16-37-32(35)47/h2-4,6-8,13,20-23,28-29H,5,9-12,14-17,19H2,1H3,(H,37,47)(H,40,48)(H,39,42,43)/t28-,29-,35?. The van der Waals surface area contributed by atoms with E-state index in [4.69, 9.17) is 9.97 Å². The Hall–Kier alpha value is -5.51. The van der Waals surface area contributed by atoms with Gasteiger partial charge < -0.3 is 20.9 Å². The van der Waals surface area contributed by atoms with Crippen molar-refractivity contribution in [2.45, 2.75) is 69.1 Å². The Morgan fingerprint density at radius 2 is 1.90 bits per heavy atom. The molecule has 3 aliphatic rings.